The van der Waals surface area contributed by atoms with Crippen LogP contribution in [0, 0.1) is 0 Å². The van der Waals surface area contributed by atoms with E-state index in [1.807, 2.05) is 16.9 Å². The predicted molar refractivity (Wildman–Crippen MR) is 115 cm³/mol. The maximum Gasteiger partial charge on any atom is 0.274 e. The highest BCUT2D eigenvalue weighted by Crippen LogP contribution is 2.23. The molecule has 8 heteroatoms. The van der Waals surface area contributed by atoms with Crippen LogP contribution in [0.2, 0.25) is 0 Å². The number of fused-ring (bicyclic) bond motifs is 1. The van der Waals surface area contributed by atoms with E-state index >= 15 is 0 Å². The number of carbonyl (C=O) groups excluding carboxylic acids is 1. The molecule has 0 spiro atoms. The summed E-state index contributed by atoms with van der Waals surface area (Å²) in [6.07, 6.45) is 6.79. The molecule has 0 atom stereocenters. The van der Waals surface area contributed by atoms with Crippen molar-refractivity contribution in [1.82, 2.24) is 24.3 Å². The van der Waals surface area contributed by atoms with E-state index in [-0.39, 0.29) is 22.7 Å². The molecule has 152 valence electrons. The Hall–Kier alpha value is -3.81. The van der Waals surface area contributed by atoms with Crippen LogP contribution >= 0.6 is 0 Å². The Bertz CT molecular complexity index is 1310. The van der Waals surface area contributed by atoms with Crippen LogP contribution in [-0.2, 0) is 12.6 Å². The molecule has 1 amide bonds. The molecule has 0 saturated carbocycles. The molecule has 0 unspecified atom stereocenters. The third-order valence-corrected chi connectivity index (χ3v) is 4.77. The van der Waals surface area contributed by atoms with Crippen molar-refractivity contribution in [3.05, 3.63) is 71.3 Å². The van der Waals surface area contributed by atoms with Gasteiger partial charge in [-0.2, -0.15) is 5.10 Å². The van der Waals surface area contributed by atoms with Crippen LogP contribution in [0.1, 0.15) is 31.3 Å². The number of pyridine rings is 1. The summed E-state index contributed by atoms with van der Waals surface area (Å²) in [5, 5.41) is 7.65. The van der Waals surface area contributed by atoms with Gasteiger partial charge >= 0.3 is 0 Å². The van der Waals surface area contributed by atoms with Crippen molar-refractivity contribution in [2.24, 2.45) is 7.05 Å². The Morgan fingerprint density at radius 3 is 2.60 bits per heavy atom. The second kappa shape index (κ2) is 7.22. The second-order valence-electron chi connectivity index (χ2n) is 8.12. The van der Waals surface area contributed by atoms with Crippen LogP contribution in [0.15, 0.2) is 60.0 Å². The van der Waals surface area contributed by atoms with Crippen molar-refractivity contribution in [3.63, 3.8) is 0 Å². The fraction of sp³-hybridized carbons (Fsp3) is 0.227. The van der Waals surface area contributed by atoms with E-state index in [0.717, 1.165) is 11.1 Å². The number of hydrogen-bond donors (Lipinski definition) is 1. The third-order valence-electron chi connectivity index (χ3n) is 4.77. The Labute approximate surface area is 173 Å². The Morgan fingerprint density at radius 2 is 1.87 bits per heavy atom. The second-order valence-corrected chi connectivity index (χ2v) is 8.12. The number of benzene rings is 1. The molecule has 0 radical (unpaired) electrons. The average Bonchev–Trinajstić information content (AvgIpc) is 3.22. The zero-order valence-corrected chi connectivity index (χ0v) is 17.2. The molecule has 0 aliphatic carbocycles. The number of aryl methyl sites for hydroxylation is 1. The maximum absolute atomic E-state index is 12.8. The molecule has 0 aliphatic heterocycles. The summed E-state index contributed by atoms with van der Waals surface area (Å²) in [6.45, 7) is 6.21. The summed E-state index contributed by atoms with van der Waals surface area (Å²) in [5.74, 6) is -0.361. The minimum Gasteiger partial charge on any atom is -0.321 e. The highest BCUT2D eigenvalue weighted by atomic mass is 16.2. The molecular formula is C22H22N6O2. The van der Waals surface area contributed by atoms with Gasteiger partial charge in [0.05, 0.1) is 29.0 Å². The van der Waals surface area contributed by atoms with Gasteiger partial charge in [0.2, 0.25) is 0 Å². The van der Waals surface area contributed by atoms with Gasteiger partial charge in [0.15, 0.2) is 0 Å². The number of carbonyl (C=O) groups is 1. The van der Waals surface area contributed by atoms with Gasteiger partial charge < -0.3 is 9.88 Å². The predicted octanol–water partition coefficient (Wildman–Crippen LogP) is 3.20. The molecule has 0 saturated heterocycles. The Balaban J connectivity index is 1.61. The number of anilines is 1. The molecule has 0 fully saturated rings. The Morgan fingerprint density at radius 1 is 1.07 bits per heavy atom. The first kappa shape index (κ1) is 19.5. The number of amides is 1. The number of nitrogens with one attached hydrogen (secondary N) is 1. The van der Waals surface area contributed by atoms with Crippen LogP contribution in [0.25, 0.3) is 22.0 Å². The lowest BCUT2D eigenvalue weighted by atomic mass is 10.1. The SMILES string of the molecule is Cn1cnc2ccc(NC(=O)c3cc(-c4cnn(C(C)(C)C)c4)ccn3)cc2c1=O. The van der Waals surface area contributed by atoms with E-state index in [4.69, 9.17) is 0 Å². The van der Waals surface area contributed by atoms with Gasteiger partial charge in [0, 0.05) is 30.7 Å². The van der Waals surface area contributed by atoms with E-state index in [0.29, 0.717) is 16.6 Å². The molecule has 4 aromatic rings. The van der Waals surface area contributed by atoms with Crippen LogP contribution in [0.5, 0.6) is 0 Å². The summed E-state index contributed by atoms with van der Waals surface area (Å²) in [4.78, 5) is 33.5. The highest BCUT2D eigenvalue weighted by Gasteiger charge is 2.16. The monoisotopic (exact) mass is 402 g/mol. The van der Waals surface area contributed by atoms with Crippen molar-refractivity contribution >= 4 is 22.5 Å². The van der Waals surface area contributed by atoms with Crippen molar-refractivity contribution in [2.75, 3.05) is 5.32 Å². The van der Waals surface area contributed by atoms with Crippen molar-refractivity contribution in [2.45, 2.75) is 26.3 Å². The summed E-state index contributed by atoms with van der Waals surface area (Å²) < 4.78 is 3.28. The topological polar surface area (TPSA) is 94.7 Å². The minimum atomic E-state index is -0.361. The fourth-order valence-electron chi connectivity index (χ4n) is 3.06. The van der Waals surface area contributed by atoms with Gasteiger partial charge in [-0.1, -0.05) is 0 Å². The first-order chi connectivity index (χ1) is 14.2. The summed E-state index contributed by atoms with van der Waals surface area (Å²) >= 11 is 0. The van der Waals surface area contributed by atoms with Gasteiger partial charge in [-0.25, -0.2) is 4.98 Å². The van der Waals surface area contributed by atoms with Gasteiger partial charge in [-0.05, 0) is 56.7 Å². The quantitative estimate of drug-likeness (QED) is 0.568. The van der Waals surface area contributed by atoms with Crippen LogP contribution in [-0.4, -0.2) is 30.2 Å². The van der Waals surface area contributed by atoms with Crippen molar-refractivity contribution in [3.8, 4) is 11.1 Å². The van der Waals surface area contributed by atoms with Crippen LogP contribution < -0.4 is 10.9 Å². The Kier molecular flexibility index (Phi) is 4.69. The molecule has 8 nitrogen and oxygen atoms in total. The van der Waals surface area contributed by atoms with E-state index < -0.39 is 0 Å². The number of nitrogens with zero attached hydrogens (tertiary/aromatic N) is 5. The molecule has 30 heavy (non-hydrogen) atoms. The smallest absolute Gasteiger partial charge is 0.274 e. The lowest BCUT2D eigenvalue weighted by Gasteiger charge is -2.18. The molecule has 3 heterocycles. The van der Waals surface area contributed by atoms with Gasteiger partial charge in [0.25, 0.3) is 11.5 Å². The van der Waals surface area contributed by atoms with E-state index in [9.17, 15) is 9.59 Å². The average molecular weight is 402 g/mol. The number of rotatable bonds is 3. The molecule has 3 aromatic heterocycles. The zero-order chi connectivity index (χ0) is 21.5. The molecule has 1 N–H and O–H groups in total. The molecule has 4 rings (SSSR count). The largest absolute Gasteiger partial charge is 0.321 e. The van der Waals surface area contributed by atoms with Gasteiger partial charge in [-0.15, -0.1) is 0 Å². The van der Waals surface area contributed by atoms with Crippen LogP contribution in [0.3, 0.4) is 0 Å². The fourth-order valence-corrected chi connectivity index (χ4v) is 3.06. The zero-order valence-electron chi connectivity index (χ0n) is 17.2. The maximum atomic E-state index is 12.8. The lowest BCUT2D eigenvalue weighted by Crippen LogP contribution is -2.21. The van der Waals surface area contributed by atoms with E-state index in [2.05, 4.69) is 41.2 Å². The molecular weight excluding hydrogens is 380 g/mol. The summed E-state index contributed by atoms with van der Waals surface area (Å²) in [6, 6.07) is 8.61. The van der Waals surface area contributed by atoms with Gasteiger partial charge in [-0.3, -0.25) is 19.3 Å². The standard InChI is InChI=1S/C22H22N6O2/c1-22(2,3)28-12-15(11-25-28)14-7-8-23-19(9-14)20(29)26-16-5-6-18-17(10-16)21(30)27(4)13-24-18/h5-13H,1-4H3,(H,26,29). The van der Waals surface area contributed by atoms with Crippen molar-refractivity contribution < 1.29 is 4.79 Å². The minimum absolute atomic E-state index is 0.131. The summed E-state index contributed by atoms with van der Waals surface area (Å²) in [7, 11) is 1.64. The number of aromatic nitrogens is 5. The summed E-state index contributed by atoms with van der Waals surface area (Å²) in [5.41, 5.74) is 2.80. The lowest BCUT2D eigenvalue weighted by molar-refractivity contribution is 0.102. The molecule has 1 aromatic carbocycles. The third kappa shape index (κ3) is 3.71. The van der Waals surface area contributed by atoms with E-state index in [1.54, 1.807) is 43.7 Å². The molecule has 0 bridgehead atoms. The molecule has 0 aliphatic rings. The van der Waals surface area contributed by atoms with Crippen molar-refractivity contribution in [1.29, 1.82) is 0 Å². The highest BCUT2D eigenvalue weighted by molar-refractivity contribution is 6.04. The first-order valence-corrected chi connectivity index (χ1v) is 9.51. The number of hydrogen-bond acceptors (Lipinski definition) is 5. The normalized spacial score (nSPS) is 11.6. The van der Waals surface area contributed by atoms with Gasteiger partial charge in [0.1, 0.15) is 5.69 Å². The first-order valence-electron chi connectivity index (χ1n) is 9.51. The van der Waals surface area contributed by atoms with Crippen LogP contribution in [0.4, 0.5) is 5.69 Å². The van der Waals surface area contributed by atoms with E-state index in [1.165, 1.54) is 10.9 Å².